The van der Waals surface area contributed by atoms with E-state index in [1.165, 1.54) is 6.07 Å². The van der Waals surface area contributed by atoms with Gasteiger partial charge in [-0.15, -0.1) is 0 Å². The quantitative estimate of drug-likeness (QED) is 0.623. The van der Waals surface area contributed by atoms with Crippen molar-refractivity contribution < 1.29 is 13.2 Å². The molecule has 1 aromatic rings. The van der Waals surface area contributed by atoms with Gasteiger partial charge in [0.2, 0.25) is 0 Å². The lowest BCUT2D eigenvalue weighted by Crippen LogP contribution is -1.92. The summed E-state index contributed by atoms with van der Waals surface area (Å²) in [6.07, 6.45) is 0.00606. The van der Waals surface area contributed by atoms with E-state index in [1.54, 1.807) is 0 Å². The van der Waals surface area contributed by atoms with Crippen molar-refractivity contribution in [2.75, 3.05) is 6.67 Å². The van der Waals surface area contributed by atoms with Gasteiger partial charge in [0, 0.05) is 12.5 Å². The molecule has 11 heavy (non-hydrogen) atoms. The molecule has 0 saturated heterocycles. The summed E-state index contributed by atoms with van der Waals surface area (Å²) in [5.74, 6) is -1.31. The Morgan fingerprint density at radius 1 is 1.18 bits per heavy atom. The standard InChI is InChI=1S/C8H7F3/c9-4-3-6-1-2-7(10)5-8(6)11/h1-2,5H,3-4H2. The van der Waals surface area contributed by atoms with Gasteiger partial charge in [0.15, 0.2) is 0 Å². The summed E-state index contributed by atoms with van der Waals surface area (Å²) in [5, 5.41) is 0. The van der Waals surface area contributed by atoms with Crippen LogP contribution >= 0.6 is 0 Å². The monoisotopic (exact) mass is 160 g/mol. The van der Waals surface area contributed by atoms with Crippen LogP contribution in [0.4, 0.5) is 13.2 Å². The maximum atomic E-state index is 12.6. The number of hydrogen-bond donors (Lipinski definition) is 0. The van der Waals surface area contributed by atoms with Gasteiger partial charge in [-0.3, -0.25) is 4.39 Å². The highest BCUT2D eigenvalue weighted by molar-refractivity contribution is 5.18. The predicted octanol–water partition coefficient (Wildman–Crippen LogP) is 2.48. The molecule has 0 radical (unpaired) electrons. The zero-order valence-corrected chi connectivity index (χ0v) is 5.78. The van der Waals surface area contributed by atoms with Gasteiger partial charge in [-0.05, 0) is 11.6 Å². The Morgan fingerprint density at radius 3 is 2.45 bits per heavy atom. The highest BCUT2D eigenvalue weighted by Crippen LogP contribution is 2.09. The van der Waals surface area contributed by atoms with Crippen molar-refractivity contribution in [2.24, 2.45) is 0 Å². The van der Waals surface area contributed by atoms with Gasteiger partial charge < -0.3 is 0 Å². The number of benzene rings is 1. The first-order valence-corrected chi connectivity index (χ1v) is 3.24. The molecule has 0 saturated carbocycles. The van der Waals surface area contributed by atoms with E-state index in [-0.39, 0.29) is 12.0 Å². The fourth-order valence-electron chi connectivity index (χ4n) is 0.826. The molecule has 0 aliphatic heterocycles. The Labute approximate surface area is 62.7 Å². The average molecular weight is 160 g/mol. The van der Waals surface area contributed by atoms with Gasteiger partial charge in [0.05, 0.1) is 6.67 Å². The van der Waals surface area contributed by atoms with E-state index < -0.39 is 18.3 Å². The summed E-state index contributed by atoms with van der Waals surface area (Å²) >= 11 is 0. The Hall–Kier alpha value is -0.990. The van der Waals surface area contributed by atoms with Crippen molar-refractivity contribution in [3.8, 4) is 0 Å². The summed E-state index contributed by atoms with van der Waals surface area (Å²) in [6, 6.07) is 3.13. The van der Waals surface area contributed by atoms with Crippen LogP contribution in [0.3, 0.4) is 0 Å². The second-order valence-corrected chi connectivity index (χ2v) is 2.17. The third kappa shape index (κ3) is 1.97. The summed E-state index contributed by atoms with van der Waals surface area (Å²) < 4.78 is 36.6. The fraction of sp³-hybridized carbons (Fsp3) is 0.250. The smallest absolute Gasteiger partial charge is 0.129 e. The van der Waals surface area contributed by atoms with E-state index in [1.807, 2.05) is 0 Å². The highest BCUT2D eigenvalue weighted by Gasteiger charge is 2.01. The minimum Gasteiger partial charge on any atom is -0.251 e. The average Bonchev–Trinajstić information content (AvgIpc) is 1.95. The molecule has 3 heteroatoms. The van der Waals surface area contributed by atoms with Crippen LogP contribution in [0.2, 0.25) is 0 Å². The van der Waals surface area contributed by atoms with Crippen LogP contribution in [0.1, 0.15) is 5.56 Å². The zero-order valence-electron chi connectivity index (χ0n) is 5.78. The molecule has 0 amide bonds. The summed E-state index contributed by atoms with van der Waals surface area (Å²) in [4.78, 5) is 0. The van der Waals surface area contributed by atoms with E-state index in [2.05, 4.69) is 0 Å². The molecule has 0 aliphatic carbocycles. The molecule has 60 valence electrons. The van der Waals surface area contributed by atoms with Gasteiger partial charge in [0.25, 0.3) is 0 Å². The maximum Gasteiger partial charge on any atom is 0.129 e. The predicted molar refractivity (Wildman–Crippen MR) is 36.0 cm³/mol. The van der Waals surface area contributed by atoms with Crippen LogP contribution in [0, 0.1) is 11.6 Å². The maximum absolute atomic E-state index is 12.6. The normalized spacial score (nSPS) is 10.1. The van der Waals surface area contributed by atoms with Gasteiger partial charge in [0.1, 0.15) is 11.6 Å². The van der Waals surface area contributed by atoms with Crippen LogP contribution in [0.15, 0.2) is 18.2 Å². The van der Waals surface area contributed by atoms with E-state index in [9.17, 15) is 13.2 Å². The van der Waals surface area contributed by atoms with Crippen LogP contribution in [-0.4, -0.2) is 6.67 Å². The third-order valence-electron chi connectivity index (χ3n) is 1.38. The summed E-state index contributed by atoms with van der Waals surface area (Å²) in [5.41, 5.74) is 0.217. The van der Waals surface area contributed by atoms with Crippen LogP contribution in [0.25, 0.3) is 0 Å². The molecule has 0 fully saturated rings. The van der Waals surface area contributed by atoms with Crippen molar-refractivity contribution in [3.05, 3.63) is 35.4 Å². The van der Waals surface area contributed by atoms with E-state index >= 15 is 0 Å². The number of alkyl halides is 1. The van der Waals surface area contributed by atoms with Crippen LogP contribution in [-0.2, 0) is 6.42 Å². The van der Waals surface area contributed by atoms with Crippen molar-refractivity contribution >= 4 is 0 Å². The molecular weight excluding hydrogens is 153 g/mol. The molecule has 1 rings (SSSR count). The van der Waals surface area contributed by atoms with Gasteiger partial charge in [-0.2, -0.15) is 0 Å². The first kappa shape index (κ1) is 8.11. The number of hydrogen-bond acceptors (Lipinski definition) is 0. The Bertz CT molecular complexity index is 245. The van der Waals surface area contributed by atoms with Crippen LogP contribution < -0.4 is 0 Å². The molecule has 0 nitrogen and oxygen atoms in total. The number of rotatable bonds is 2. The molecule has 0 N–H and O–H groups in total. The molecule has 0 heterocycles. The van der Waals surface area contributed by atoms with Crippen molar-refractivity contribution in [3.63, 3.8) is 0 Å². The lowest BCUT2D eigenvalue weighted by atomic mass is 10.1. The minimum absolute atomic E-state index is 0.00606. The zero-order chi connectivity index (χ0) is 8.27. The second kappa shape index (κ2) is 3.42. The minimum atomic E-state index is -0.678. The van der Waals surface area contributed by atoms with Gasteiger partial charge >= 0.3 is 0 Å². The van der Waals surface area contributed by atoms with Gasteiger partial charge in [-0.25, -0.2) is 8.78 Å². The third-order valence-corrected chi connectivity index (χ3v) is 1.38. The van der Waals surface area contributed by atoms with E-state index in [0.717, 1.165) is 12.1 Å². The number of aryl methyl sites for hydroxylation is 1. The van der Waals surface area contributed by atoms with Crippen molar-refractivity contribution in [1.82, 2.24) is 0 Å². The fourth-order valence-corrected chi connectivity index (χ4v) is 0.826. The molecular formula is C8H7F3. The van der Waals surface area contributed by atoms with Crippen molar-refractivity contribution in [1.29, 1.82) is 0 Å². The second-order valence-electron chi connectivity index (χ2n) is 2.17. The lowest BCUT2D eigenvalue weighted by Gasteiger charge is -1.98. The summed E-state index contributed by atoms with van der Waals surface area (Å²) in [6.45, 7) is -0.622. The highest BCUT2D eigenvalue weighted by atomic mass is 19.1. The SMILES string of the molecule is FCCc1ccc(F)cc1F. The molecule has 0 aliphatic rings. The first-order chi connectivity index (χ1) is 5.24. The van der Waals surface area contributed by atoms with Crippen molar-refractivity contribution in [2.45, 2.75) is 6.42 Å². The molecule has 1 aromatic carbocycles. The number of halogens is 3. The Morgan fingerprint density at radius 2 is 1.91 bits per heavy atom. The molecule has 0 aromatic heterocycles. The van der Waals surface area contributed by atoms with Gasteiger partial charge in [-0.1, -0.05) is 6.07 Å². The van der Waals surface area contributed by atoms with E-state index in [0.29, 0.717) is 0 Å². The van der Waals surface area contributed by atoms with E-state index in [4.69, 9.17) is 0 Å². The summed E-state index contributed by atoms with van der Waals surface area (Å²) in [7, 11) is 0. The first-order valence-electron chi connectivity index (χ1n) is 3.24. The topological polar surface area (TPSA) is 0 Å². The lowest BCUT2D eigenvalue weighted by molar-refractivity contribution is 0.483. The molecule has 0 bridgehead atoms. The molecule has 0 unspecified atom stereocenters. The van der Waals surface area contributed by atoms with Crippen LogP contribution in [0.5, 0.6) is 0 Å². The largest absolute Gasteiger partial charge is 0.251 e. The Kier molecular flexibility index (Phi) is 2.52. The Balaban J connectivity index is 2.90. The molecule has 0 atom stereocenters. The molecule has 0 spiro atoms.